The number of rotatable bonds is 5. The Hall–Kier alpha value is -0.0800. The van der Waals surface area contributed by atoms with Crippen molar-refractivity contribution in [2.24, 2.45) is 10.8 Å². The molecule has 2 N–H and O–H groups in total. The van der Waals surface area contributed by atoms with Crippen molar-refractivity contribution in [1.29, 1.82) is 0 Å². The Balaban J connectivity index is 2.24. The molecule has 1 saturated heterocycles. The first-order valence-electron chi connectivity index (χ1n) is 6.39. The maximum absolute atomic E-state index is 3.65. The highest BCUT2D eigenvalue weighted by molar-refractivity contribution is 4.84. The van der Waals surface area contributed by atoms with Crippen LogP contribution in [0.1, 0.15) is 47.0 Å². The summed E-state index contributed by atoms with van der Waals surface area (Å²) >= 11 is 0. The summed E-state index contributed by atoms with van der Waals surface area (Å²) in [5.74, 6) is 0. The lowest BCUT2D eigenvalue weighted by atomic mass is 9.82. The Morgan fingerprint density at radius 1 is 1.40 bits per heavy atom. The zero-order valence-electron chi connectivity index (χ0n) is 10.9. The van der Waals surface area contributed by atoms with Gasteiger partial charge in [-0.25, -0.2) is 0 Å². The molecule has 2 heteroatoms. The van der Waals surface area contributed by atoms with Gasteiger partial charge < -0.3 is 10.6 Å². The summed E-state index contributed by atoms with van der Waals surface area (Å²) in [6.07, 6.45) is 3.93. The van der Waals surface area contributed by atoms with Gasteiger partial charge in [0.25, 0.3) is 0 Å². The summed E-state index contributed by atoms with van der Waals surface area (Å²) in [5.41, 5.74) is 0.917. The van der Waals surface area contributed by atoms with Crippen LogP contribution in [0.2, 0.25) is 0 Å². The SMILES string of the molecule is CCC(C)(C)CNCC1(C)CCCNC1. The van der Waals surface area contributed by atoms with E-state index in [0.717, 1.165) is 13.1 Å². The topological polar surface area (TPSA) is 24.1 Å². The van der Waals surface area contributed by atoms with Gasteiger partial charge in [0.05, 0.1) is 0 Å². The Kier molecular flexibility index (Phi) is 4.60. The molecular formula is C13H28N2. The molecule has 1 aliphatic heterocycles. The van der Waals surface area contributed by atoms with Crippen molar-refractivity contribution in [3.8, 4) is 0 Å². The van der Waals surface area contributed by atoms with Gasteiger partial charge in [-0.15, -0.1) is 0 Å². The normalized spacial score (nSPS) is 28.0. The van der Waals surface area contributed by atoms with Gasteiger partial charge in [-0.05, 0) is 36.6 Å². The highest BCUT2D eigenvalue weighted by Gasteiger charge is 2.26. The van der Waals surface area contributed by atoms with Crippen LogP contribution >= 0.6 is 0 Å². The predicted molar refractivity (Wildman–Crippen MR) is 67.2 cm³/mol. The Bertz CT molecular complexity index is 181. The van der Waals surface area contributed by atoms with E-state index < -0.39 is 0 Å². The second-order valence-corrected chi connectivity index (χ2v) is 6.21. The molecule has 0 aromatic rings. The summed E-state index contributed by atoms with van der Waals surface area (Å²) in [6, 6.07) is 0. The van der Waals surface area contributed by atoms with Crippen molar-refractivity contribution < 1.29 is 0 Å². The first-order valence-corrected chi connectivity index (χ1v) is 6.39. The molecule has 1 aliphatic rings. The molecule has 0 aromatic carbocycles. The summed E-state index contributed by atoms with van der Waals surface area (Å²) in [7, 11) is 0. The van der Waals surface area contributed by atoms with Crippen LogP contribution in [0.5, 0.6) is 0 Å². The first kappa shape index (κ1) is 13.0. The molecule has 0 radical (unpaired) electrons. The van der Waals surface area contributed by atoms with Crippen molar-refractivity contribution >= 4 is 0 Å². The predicted octanol–water partition coefficient (Wildman–Crippen LogP) is 2.40. The Morgan fingerprint density at radius 3 is 2.67 bits per heavy atom. The summed E-state index contributed by atoms with van der Waals surface area (Å²) in [6.45, 7) is 14.0. The molecule has 1 heterocycles. The molecule has 1 rings (SSSR count). The van der Waals surface area contributed by atoms with Crippen LogP contribution in [0, 0.1) is 10.8 Å². The Labute approximate surface area is 95.2 Å². The summed E-state index contributed by atoms with van der Waals surface area (Å²) in [4.78, 5) is 0. The third-order valence-electron chi connectivity index (χ3n) is 3.80. The lowest BCUT2D eigenvalue weighted by Gasteiger charge is -2.35. The van der Waals surface area contributed by atoms with Gasteiger partial charge in [0.15, 0.2) is 0 Å². The van der Waals surface area contributed by atoms with Crippen LogP contribution in [0.4, 0.5) is 0 Å². The zero-order chi connectivity index (χ0) is 11.4. The fourth-order valence-corrected chi connectivity index (χ4v) is 2.10. The van der Waals surface area contributed by atoms with Gasteiger partial charge in [-0.1, -0.05) is 27.7 Å². The van der Waals surface area contributed by atoms with Crippen LogP contribution in [0.15, 0.2) is 0 Å². The van der Waals surface area contributed by atoms with E-state index in [4.69, 9.17) is 0 Å². The molecule has 0 aromatic heterocycles. The van der Waals surface area contributed by atoms with E-state index >= 15 is 0 Å². The molecule has 2 nitrogen and oxygen atoms in total. The van der Waals surface area contributed by atoms with Crippen molar-refractivity contribution in [3.05, 3.63) is 0 Å². The van der Waals surface area contributed by atoms with Crippen molar-refractivity contribution in [2.75, 3.05) is 26.2 Å². The van der Waals surface area contributed by atoms with E-state index in [-0.39, 0.29) is 0 Å². The molecule has 1 unspecified atom stereocenters. The third kappa shape index (κ3) is 4.52. The summed E-state index contributed by atoms with van der Waals surface area (Å²) in [5, 5.41) is 7.14. The number of hydrogen-bond donors (Lipinski definition) is 2. The molecule has 90 valence electrons. The highest BCUT2D eigenvalue weighted by Crippen LogP contribution is 2.25. The molecule has 1 fully saturated rings. The van der Waals surface area contributed by atoms with E-state index in [1.807, 2.05) is 0 Å². The van der Waals surface area contributed by atoms with E-state index in [1.54, 1.807) is 0 Å². The average Bonchev–Trinajstić information content (AvgIpc) is 2.18. The fraction of sp³-hybridized carbons (Fsp3) is 1.00. The van der Waals surface area contributed by atoms with E-state index in [1.165, 1.54) is 32.4 Å². The molecule has 0 bridgehead atoms. The number of hydrogen-bond acceptors (Lipinski definition) is 2. The molecule has 1 atom stereocenters. The van der Waals surface area contributed by atoms with Crippen LogP contribution < -0.4 is 10.6 Å². The highest BCUT2D eigenvalue weighted by atomic mass is 14.9. The smallest absolute Gasteiger partial charge is 0.00176 e. The molecule has 15 heavy (non-hydrogen) atoms. The Morgan fingerprint density at radius 2 is 2.13 bits per heavy atom. The van der Waals surface area contributed by atoms with E-state index in [2.05, 4.69) is 38.3 Å². The van der Waals surface area contributed by atoms with Crippen molar-refractivity contribution in [1.82, 2.24) is 10.6 Å². The quantitative estimate of drug-likeness (QED) is 0.731. The van der Waals surface area contributed by atoms with Gasteiger partial charge in [0.1, 0.15) is 0 Å². The number of nitrogens with one attached hydrogen (secondary N) is 2. The van der Waals surface area contributed by atoms with E-state index in [0.29, 0.717) is 10.8 Å². The van der Waals surface area contributed by atoms with Gasteiger partial charge in [0.2, 0.25) is 0 Å². The molecule has 0 amide bonds. The molecule has 0 saturated carbocycles. The second-order valence-electron chi connectivity index (χ2n) is 6.21. The molecular weight excluding hydrogens is 184 g/mol. The second kappa shape index (κ2) is 5.31. The van der Waals surface area contributed by atoms with Crippen LogP contribution in [0.3, 0.4) is 0 Å². The monoisotopic (exact) mass is 212 g/mol. The van der Waals surface area contributed by atoms with Crippen LogP contribution in [-0.2, 0) is 0 Å². The third-order valence-corrected chi connectivity index (χ3v) is 3.80. The lowest BCUT2D eigenvalue weighted by Crippen LogP contribution is -2.45. The molecule has 0 aliphatic carbocycles. The van der Waals surface area contributed by atoms with Gasteiger partial charge in [0, 0.05) is 19.6 Å². The van der Waals surface area contributed by atoms with Gasteiger partial charge >= 0.3 is 0 Å². The maximum atomic E-state index is 3.65. The van der Waals surface area contributed by atoms with Gasteiger partial charge in [-0.2, -0.15) is 0 Å². The standard InChI is InChI=1S/C13H28N2/c1-5-12(2,3)9-15-11-13(4)7-6-8-14-10-13/h14-15H,5-11H2,1-4H3. The fourth-order valence-electron chi connectivity index (χ4n) is 2.10. The summed E-state index contributed by atoms with van der Waals surface area (Å²) < 4.78 is 0. The minimum atomic E-state index is 0.443. The maximum Gasteiger partial charge on any atom is 0.00176 e. The molecule has 0 spiro atoms. The minimum absolute atomic E-state index is 0.443. The lowest BCUT2D eigenvalue weighted by molar-refractivity contribution is 0.211. The first-order chi connectivity index (χ1) is 6.97. The number of piperidine rings is 1. The van der Waals surface area contributed by atoms with Crippen LogP contribution in [-0.4, -0.2) is 26.2 Å². The largest absolute Gasteiger partial charge is 0.316 e. The van der Waals surface area contributed by atoms with E-state index in [9.17, 15) is 0 Å². The average molecular weight is 212 g/mol. The van der Waals surface area contributed by atoms with Gasteiger partial charge in [-0.3, -0.25) is 0 Å². The zero-order valence-corrected chi connectivity index (χ0v) is 10.9. The van der Waals surface area contributed by atoms with Crippen molar-refractivity contribution in [2.45, 2.75) is 47.0 Å². The minimum Gasteiger partial charge on any atom is -0.316 e. The van der Waals surface area contributed by atoms with Crippen molar-refractivity contribution in [3.63, 3.8) is 0 Å². The van der Waals surface area contributed by atoms with Crippen LogP contribution in [0.25, 0.3) is 0 Å².